The highest BCUT2D eigenvalue weighted by Crippen LogP contribution is 2.07. The second kappa shape index (κ2) is 7.13. The van der Waals surface area contributed by atoms with Crippen molar-refractivity contribution in [2.45, 2.75) is 26.4 Å². The van der Waals surface area contributed by atoms with Gasteiger partial charge in [0.15, 0.2) is 5.69 Å². The molecule has 0 aliphatic carbocycles. The van der Waals surface area contributed by atoms with Crippen LogP contribution in [0.2, 0.25) is 0 Å². The number of aliphatic hydroxyl groups excluding tert-OH is 1. The molecule has 0 saturated heterocycles. The van der Waals surface area contributed by atoms with E-state index in [4.69, 9.17) is 0 Å². The van der Waals surface area contributed by atoms with Gasteiger partial charge in [0.05, 0.1) is 18.0 Å². The molecule has 1 heterocycles. The SMILES string of the molecule is CC(C)C(O)CCNC(=O)c1cnn(-c2ccc(F)cc2)n1. The van der Waals surface area contributed by atoms with Crippen LogP contribution in [0.4, 0.5) is 4.39 Å². The van der Waals surface area contributed by atoms with Crippen molar-refractivity contribution in [3.05, 3.63) is 42.0 Å². The minimum absolute atomic E-state index is 0.149. The lowest BCUT2D eigenvalue weighted by Gasteiger charge is -2.13. The van der Waals surface area contributed by atoms with Gasteiger partial charge >= 0.3 is 0 Å². The van der Waals surface area contributed by atoms with E-state index in [0.29, 0.717) is 18.7 Å². The summed E-state index contributed by atoms with van der Waals surface area (Å²) in [5.41, 5.74) is 0.735. The molecule has 0 saturated carbocycles. The fourth-order valence-corrected chi connectivity index (χ4v) is 1.82. The molecule has 7 heteroatoms. The standard InChI is InChI=1S/C15H19FN4O2/c1-10(2)14(21)7-8-17-15(22)13-9-18-20(19-13)12-5-3-11(16)4-6-12/h3-6,9-10,14,21H,7-8H2,1-2H3,(H,17,22). The summed E-state index contributed by atoms with van der Waals surface area (Å²) in [6, 6.07) is 5.64. The number of aliphatic hydroxyl groups is 1. The van der Waals surface area contributed by atoms with Gasteiger partial charge in [0.2, 0.25) is 0 Å². The van der Waals surface area contributed by atoms with Gasteiger partial charge < -0.3 is 10.4 Å². The number of rotatable bonds is 6. The van der Waals surface area contributed by atoms with E-state index in [9.17, 15) is 14.3 Å². The Morgan fingerprint density at radius 2 is 2.05 bits per heavy atom. The molecule has 6 nitrogen and oxygen atoms in total. The number of benzene rings is 1. The topological polar surface area (TPSA) is 80.0 Å². The van der Waals surface area contributed by atoms with Crippen molar-refractivity contribution in [1.82, 2.24) is 20.3 Å². The van der Waals surface area contributed by atoms with Crippen LogP contribution in [0, 0.1) is 11.7 Å². The molecule has 0 radical (unpaired) electrons. The third-order valence-electron chi connectivity index (χ3n) is 3.28. The molecule has 2 rings (SSSR count). The summed E-state index contributed by atoms with van der Waals surface area (Å²) in [5, 5.41) is 20.4. The van der Waals surface area contributed by atoms with Crippen LogP contribution in [0.3, 0.4) is 0 Å². The van der Waals surface area contributed by atoms with Crippen LogP contribution in [0.15, 0.2) is 30.5 Å². The maximum atomic E-state index is 12.9. The van der Waals surface area contributed by atoms with Gasteiger partial charge in [-0.3, -0.25) is 4.79 Å². The molecular weight excluding hydrogens is 287 g/mol. The molecule has 0 spiro atoms. The molecule has 2 N–H and O–H groups in total. The predicted octanol–water partition coefficient (Wildman–Crippen LogP) is 1.54. The monoisotopic (exact) mass is 306 g/mol. The molecule has 1 aromatic heterocycles. The quantitative estimate of drug-likeness (QED) is 0.848. The number of aromatic nitrogens is 3. The summed E-state index contributed by atoms with van der Waals surface area (Å²) in [4.78, 5) is 13.2. The molecule has 22 heavy (non-hydrogen) atoms. The second-order valence-electron chi connectivity index (χ2n) is 5.35. The maximum Gasteiger partial charge on any atom is 0.273 e. The van der Waals surface area contributed by atoms with Crippen LogP contribution in [0.5, 0.6) is 0 Å². The van der Waals surface area contributed by atoms with E-state index in [1.807, 2.05) is 13.8 Å². The highest BCUT2D eigenvalue weighted by molar-refractivity contribution is 5.91. The third kappa shape index (κ3) is 4.11. The van der Waals surface area contributed by atoms with Crippen molar-refractivity contribution in [2.24, 2.45) is 5.92 Å². The van der Waals surface area contributed by atoms with Gasteiger partial charge in [0.1, 0.15) is 5.82 Å². The van der Waals surface area contributed by atoms with Crippen LogP contribution < -0.4 is 5.32 Å². The molecule has 0 aliphatic rings. The predicted molar refractivity (Wildman–Crippen MR) is 79.1 cm³/mol. The summed E-state index contributed by atoms with van der Waals surface area (Å²) in [6.45, 7) is 4.20. The van der Waals surface area contributed by atoms with Gasteiger partial charge in [0, 0.05) is 6.54 Å². The van der Waals surface area contributed by atoms with Gasteiger partial charge in [-0.1, -0.05) is 13.8 Å². The van der Waals surface area contributed by atoms with E-state index < -0.39 is 6.10 Å². The third-order valence-corrected chi connectivity index (χ3v) is 3.28. The zero-order valence-corrected chi connectivity index (χ0v) is 12.5. The zero-order valence-electron chi connectivity index (χ0n) is 12.5. The van der Waals surface area contributed by atoms with E-state index in [1.165, 1.54) is 35.3 Å². The number of carbonyl (C=O) groups is 1. The van der Waals surface area contributed by atoms with Gasteiger partial charge in [-0.25, -0.2) is 4.39 Å². The van der Waals surface area contributed by atoms with Crippen molar-refractivity contribution in [2.75, 3.05) is 6.54 Å². The molecule has 118 valence electrons. The van der Waals surface area contributed by atoms with Crippen molar-refractivity contribution >= 4 is 5.91 Å². The van der Waals surface area contributed by atoms with Crippen LogP contribution in [0.25, 0.3) is 5.69 Å². The van der Waals surface area contributed by atoms with Crippen LogP contribution in [-0.2, 0) is 0 Å². The van der Waals surface area contributed by atoms with E-state index in [1.54, 1.807) is 0 Å². The smallest absolute Gasteiger partial charge is 0.273 e. The van der Waals surface area contributed by atoms with Crippen LogP contribution >= 0.6 is 0 Å². The van der Waals surface area contributed by atoms with E-state index in [2.05, 4.69) is 15.5 Å². The Morgan fingerprint density at radius 3 is 2.68 bits per heavy atom. The van der Waals surface area contributed by atoms with Gasteiger partial charge in [-0.2, -0.15) is 9.90 Å². The lowest BCUT2D eigenvalue weighted by molar-refractivity contribution is 0.0915. The number of nitrogens with one attached hydrogen (secondary N) is 1. The van der Waals surface area contributed by atoms with Crippen molar-refractivity contribution in [3.8, 4) is 5.69 Å². The average molecular weight is 306 g/mol. The van der Waals surface area contributed by atoms with Gasteiger partial charge in [0.25, 0.3) is 5.91 Å². The Hall–Kier alpha value is -2.28. The first kappa shape index (κ1) is 16.1. The van der Waals surface area contributed by atoms with Crippen molar-refractivity contribution < 1.29 is 14.3 Å². The molecule has 0 bridgehead atoms. The van der Waals surface area contributed by atoms with Crippen LogP contribution in [0.1, 0.15) is 30.8 Å². The van der Waals surface area contributed by atoms with Crippen molar-refractivity contribution in [1.29, 1.82) is 0 Å². The fourth-order valence-electron chi connectivity index (χ4n) is 1.82. The van der Waals surface area contributed by atoms with E-state index in [-0.39, 0.29) is 23.3 Å². The average Bonchev–Trinajstić information content (AvgIpc) is 2.97. The molecule has 0 aliphatic heterocycles. The normalized spacial score (nSPS) is 12.4. The van der Waals surface area contributed by atoms with E-state index in [0.717, 1.165) is 0 Å². The molecular formula is C15H19FN4O2. The highest BCUT2D eigenvalue weighted by Gasteiger charge is 2.13. The first-order valence-electron chi connectivity index (χ1n) is 7.12. The largest absolute Gasteiger partial charge is 0.393 e. The molecule has 1 unspecified atom stereocenters. The minimum Gasteiger partial charge on any atom is -0.393 e. The summed E-state index contributed by atoms with van der Waals surface area (Å²) < 4.78 is 12.9. The van der Waals surface area contributed by atoms with Crippen molar-refractivity contribution in [3.63, 3.8) is 0 Å². The van der Waals surface area contributed by atoms with Crippen LogP contribution in [-0.4, -0.2) is 38.7 Å². The molecule has 0 fully saturated rings. The maximum absolute atomic E-state index is 12.9. The highest BCUT2D eigenvalue weighted by atomic mass is 19.1. The summed E-state index contributed by atoms with van der Waals surface area (Å²) in [5.74, 6) is -0.557. The van der Waals surface area contributed by atoms with Gasteiger partial charge in [-0.15, -0.1) is 5.10 Å². The number of amides is 1. The molecule has 1 amide bonds. The van der Waals surface area contributed by atoms with Gasteiger partial charge in [-0.05, 0) is 36.6 Å². The number of hydrogen-bond donors (Lipinski definition) is 2. The van der Waals surface area contributed by atoms with E-state index >= 15 is 0 Å². The lowest BCUT2D eigenvalue weighted by atomic mass is 10.0. The first-order valence-corrected chi connectivity index (χ1v) is 7.12. The Morgan fingerprint density at radius 1 is 1.36 bits per heavy atom. The summed E-state index contributed by atoms with van der Waals surface area (Å²) in [7, 11) is 0. The molecule has 1 atom stereocenters. The first-order chi connectivity index (χ1) is 10.5. The Labute approximate surface area is 128 Å². The summed E-state index contributed by atoms with van der Waals surface area (Å²) in [6.07, 6.45) is 1.38. The Balaban J connectivity index is 1.93. The number of halogens is 1. The second-order valence-corrected chi connectivity index (χ2v) is 5.35. The number of hydrogen-bond acceptors (Lipinski definition) is 4. The Kier molecular flexibility index (Phi) is 5.21. The number of carbonyl (C=O) groups excluding carboxylic acids is 1. The zero-order chi connectivity index (χ0) is 16.1. The fraction of sp³-hybridized carbons (Fsp3) is 0.400. The Bertz CT molecular complexity index is 625. The minimum atomic E-state index is -0.449. The summed E-state index contributed by atoms with van der Waals surface area (Å²) >= 11 is 0. The number of nitrogens with zero attached hydrogens (tertiary/aromatic N) is 3. The molecule has 1 aromatic carbocycles. The molecule has 2 aromatic rings. The lowest BCUT2D eigenvalue weighted by Crippen LogP contribution is -2.29.